The highest BCUT2D eigenvalue weighted by molar-refractivity contribution is 5.85. The van der Waals surface area contributed by atoms with Crippen LogP contribution < -0.4 is 10.1 Å². The van der Waals surface area contributed by atoms with E-state index in [1.807, 2.05) is 36.9 Å². The first kappa shape index (κ1) is 17.8. The van der Waals surface area contributed by atoms with Crippen molar-refractivity contribution in [1.29, 1.82) is 0 Å². The topological polar surface area (TPSA) is 41.6 Å². The molecule has 0 aromatic heterocycles. The molecular formula is C16H25ClN2O2. The third-order valence-electron chi connectivity index (χ3n) is 4.10. The molecule has 1 aliphatic rings. The number of halogens is 1. The smallest absolute Gasteiger partial charge is 0.260 e. The van der Waals surface area contributed by atoms with Crippen molar-refractivity contribution >= 4 is 18.3 Å². The van der Waals surface area contributed by atoms with Crippen LogP contribution in [0.15, 0.2) is 18.2 Å². The maximum absolute atomic E-state index is 12.3. The number of hydrogen-bond donors (Lipinski definition) is 1. The first-order valence-electron chi connectivity index (χ1n) is 7.22. The molecule has 2 unspecified atom stereocenters. The second-order valence-electron chi connectivity index (χ2n) is 5.58. The fourth-order valence-electron chi connectivity index (χ4n) is 2.65. The molecule has 2 rings (SSSR count). The van der Waals surface area contributed by atoms with Gasteiger partial charge in [0.05, 0.1) is 0 Å². The lowest BCUT2D eigenvalue weighted by molar-refractivity contribution is -0.137. The zero-order valence-electron chi connectivity index (χ0n) is 13.2. The molecule has 1 aromatic rings. The third kappa shape index (κ3) is 4.11. The first-order chi connectivity index (χ1) is 9.50. The van der Waals surface area contributed by atoms with Gasteiger partial charge in [-0.1, -0.05) is 18.2 Å². The molecule has 0 spiro atoms. The molecule has 4 nitrogen and oxygen atoms in total. The molecule has 1 saturated heterocycles. The quantitative estimate of drug-likeness (QED) is 0.931. The predicted molar refractivity (Wildman–Crippen MR) is 87.3 cm³/mol. The van der Waals surface area contributed by atoms with E-state index in [1.54, 1.807) is 0 Å². The van der Waals surface area contributed by atoms with E-state index < -0.39 is 0 Å². The maximum Gasteiger partial charge on any atom is 0.260 e. The molecule has 21 heavy (non-hydrogen) atoms. The van der Waals surface area contributed by atoms with Crippen molar-refractivity contribution in [2.24, 2.45) is 0 Å². The lowest BCUT2D eigenvalue weighted by atomic mass is 10.1. The minimum Gasteiger partial charge on any atom is -0.483 e. The summed E-state index contributed by atoms with van der Waals surface area (Å²) < 4.78 is 5.75. The van der Waals surface area contributed by atoms with Gasteiger partial charge in [-0.3, -0.25) is 4.79 Å². The van der Waals surface area contributed by atoms with Gasteiger partial charge < -0.3 is 15.0 Å². The third-order valence-corrected chi connectivity index (χ3v) is 4.10. The van der Waals surface area contributed by atoms with Gasteiger partial charge >= 0.3 is 0 Å². The van der Waals surface area contributed by atoms with Crippen molar-refractivity contribution in [3.63, 3.8) is 0 Å². The number of nitrogens with zero attached hydrogens (tertiary/aromatic N) is 1. The molecule has 1 aliphatic heterocycles. The van der Waals surface area contributed by atoms with Crippen molar-refractivity contribution < 1.29 is 9.53 Å². The van der Waals surface area contributed by atoms with Crippen LogP contribution in [0.3, 0.4) is 0 Å². The number of hydrogen-bond acceptors (Lipinski definition) is 3. The van der Waals surface area contributed by atoms with Crippen LogP contribution in [0.4, 0.5) is 0 Å². The summed E-state index contributed by atoms with van der Waals surface area (Å²) in [7, 11) is 0. The van der Waals surface area contributed by atoms with Crippen molar-refractivity contribution in [1.82, 2.24) is 10.2 Å². The standard InChI is InChI=1S/C16H24N2O2.ClH/c1-11-6-5-7-12(2)16(11)20-10-15(19)18-9-8-17-13(3)14(18)4;/h5-7,13-14,17H,8-10H2,1-4H3;1H. The van der Waals surface area contributed by atoms with Crippen molar-refractivity contribution in [2.75, 3.05) is 19.7 Å². The normalized spacial score (nSPS) is 21.6. The highest BCUT2D eigenvalue weighted by Crippen LogP contribution is 2.22. The summed E-state index contributed by atoms with van der Waals surface area (Å²) in [5.74, 6) is 0.894. The molecule has 5 heteroatoms. The number of para-hydroxylation sites is 1. The summed E-state index contributed by atoms with van der Waals surface area (Å²) in [6.07, 6.45) is 0. The average Bonchev–Trinajstić information content (AvgIpc) is 2.41. The number of nitrogens with one attached hydrogen (secondary N) is 1. The van der Waals surface area contributed by atoms with E-state index in [4.69, 9.17) is 4.74 Å². The fraction of sp³-hybridized carbons (Fsp3) is 0.562. The van der Waals surface area contributed by atoms with E-state index in [0.29, 0.717) is 6.04 Å². The molecule has 2 atom stereocenters. The molecule has 0 radical (unpaired) electrons. The van der Waals surface area contributed by atoms with Gasteiger partial charge in [0, 0.05) is 25.2 Å². The first-order valence-corrected chi connectivity index (χ1v) is 7.22. The molecule has 0 aliphatic carbocycles. The van der Waals surface area contributed by atoms with Gasteiger partial charge in [-0.25, -0.2) is 0 Å². The van der Waals surface area contributed by atoms with Crippen LogP contribution in [0, 0.1) is 13.8 Å². The van der Waals surface area contributed by atoms with Crippen molar-refractivity contribution in [3.8, 4) is 5.75 Å². The van der Waals surface area contributed by atoms with Crippen LogP contribution in [0.1, 0.15) is 25.0 Å². The molecule has 1 amide bonds. The van der Waals surface area contributed by atoms with Crippen LogP contribution >= 0.6 is 12.4 Å². The second-order valence-corrected chi connectivity index (χ2v) is 5.58. The predicted octanol–water partition coefficient (Wildman–Crippen LogP) is 2.31. The number of carbonyl (C=O) groups excluding carboxylic acids is 1. The van der Waals surface area contributed by atoms with E-state index >= 15 is 0 Å². The number of ether oxygens (including phenoxy) is 1. The Bertz CT molecular complexity index is 473. The highest BCUT2D eigenvalue weighted by atomic mass is 35.5. The summed E-state index contributed by atoms with van der Waals surface area (Å²) in [6, 6.07) is 6.54. The summed E-state index contributed by atoms with van der Waals surface area (Å²) in [6.45, 7) is 9.90. The number of aryl methyl sites for hydroxylation is 2. The monoisotopic (exact) mass is 312 g/mol. The minimum atomic E-state index is 0. The number of benzene rings is 1. The van der Waals surface area contributed by atoms with E-state index in [2.05, 4.69) is 19.2 Å². The van der Waals surface area contributed by atoms with Crippen LogP contribution in [-0.2, 0) is 4.79 Å². The Morgan fingerprint density at radius 1 is 1.33 bits per heavy atom. The van der Waals surface area contributed by atoms with E-state index in [0.717, 1.165) is 30.0 Å². The molecular weight excluding hydrogens is 288 g/mol. The Morgan fingerprint density at radius 3 is 2.57 bits per heavy atom. The maximum atomic E-state index is 12.3. The van der Waals surface area contributed by atoms with Gasteiger partial charge in [0.1, 0.15) is 5.75 Å². The van der Waals surface area contributed by atoms with Gasteiger partial charge in [-0.2, -0.15) is 0 Å². The number of piperazine rings is 1. The average molecular weight is 313 g/mol. The van der Waals surface area contributed by atoms with Gasteiger partial charge in [0.2, 0.25) is 0 Å². The zero-order valence-corrected chi connectivity index (χ0v) is 14.0. The summed E-state index contributed by atoms with van der Waals surface area (Å²) in [4.78, 5) is 14.2. The lowest BCUT2D eigenvalue weighted by Crippen LogP contribution is -2.58. The highest BCUT2D eigenvalue weighted by Gasteiger charge is 2.28. The van der Waals surface area contributed by atoms with E-state index in [-0.39, 0.29) is 31.0 Å². The summed E-state index contributed by atoms with van der Waals surface area (Å²) in [5, 5.41) is 3.37. The Morgan fingerprint density at radius 2 is 1.95 bits per heavy atom. The minimum absolute atomic E-state index is 0. The number of carbonyl (C=O) groups is 1. The van der Waals surface area contributed by atoms with Gasteiger partial charge in [0.15, 0.2) is 6.61 Å². The van der Waals surface area contributed by atoms with E-state index in [1.165, 1.54) is 0 Å². The molecule has 118 valence electrons. The van der Waals surface area contributed by atoms with Gasteiger partial charge in [-0.05, 0) is 38.8 Å². The molecule has 1 aromatic carbocycles. The zero-order chi connectivity index (χ0) is 14.7. The van der Waals surface area contributed by atoms with Gasteiger partial charge in [-0.15, -0.1) is 12.4 Å². The summed E-state index contributed by atoms with van der Waals surface area (Å²) >= 11 is 0. The molecule has 0 bridgehead atoms. The number of amides is 1. The van der Waals surface area contributed by atoms with E-state index in [9.17, 15) is 4.79 Å². The molecule has 1 N–H and O–H groups in total. The van der Waals surface area contributed by atoms with Crippen molar-refractivity contribution in [3.05, 3.63) is 29.3 Å². The Kier molecular flexibility index (Phi) is 6.49. The molecule has 0 saturated carbocycles. The SMILES string of the molecule is Cc1cccc(C)c1OCC(=O)N1CCNC(C)C1C.Cl. The summed E-state index contributed by atoms with van der Waals surface area (Å²) in [5.41, 5.74) is 2.14. The van der Waals surface area contributed by atoms with Crippen LogP contribution in [0.5, 0.6) is 5.75 Å². The second kappa shape index (κ2) is 7.66. The Balaban J connectivity index is 0.00000220. The van der Waals surface area contributed by atoms with Crippen molar-refractivity contribution in [2.45, 2.75) is 39.8 Å². The Hall–Kier alpha value is -1.26. The lowest BCUT2D eigenvalue weighted by Gasteiger charge is -2.38. The number of rotatable bonds is 3. The van der Waals surface area contributed by atoms with Crippen LogP contribution in [0.25, 0.3) is 0 Å². The van der Waals surface area contributed by atoms with Crippen LogP contribution in [0.2, 0.25) is 0 Å². The largest absolute Gasteiger partial charge is 0.483 e. The molecule has 1 fully saturated rings. The van der Waals surface area contributed by atoms with Gasteiger partial charge in [0.25, 0.3) is 5.91 Å². The van der Waals surface area contributed by atoms with Crippen LogP contribution in [-0.4, -0.2) is 42.6 Å². The fourth-order valence-corrected chi connectivity index (χ4v) is 2.65. The molecule has 1 heterocycles. The Labute approximate surface area is 133 Å².